The Morgan fingerprint density at radius 1 is 0.780 bits per heavy atom. The monoisotopic (exact) mass is 612 g/mol. The number of aliphatic carboxylic acids is 1. The third kappa shape index (κ3) is 9.74. The molecule has 0 aliphatic rings. The van der Waals surface area contributed by atoms with Crippen LogP contribution in [-0.4, -0.2) is 68.6 Å². The quantitative estimate of drug-likeness (QED) is 0.116. The molecule has 0 aliphatic heterocycles. The second-order valence-corrected chi connectivity index (χ2v) is 10.9. The fourth-order valence-corrected chi connectivity index (χ4v) is 5.52. The Balaban J connectivity index is 2.66. The van der Waals surface area contributed by atoms with Gasteiger partial charge in [0, 0.05) is 13.0 Å². The van der Waals surface area contributed by atoms with Gasteiger partial charge in [-0.3, -0.25) is 9.59 Å². The Bertz CT molecular complexity index is 1300. The molecule has 2 aromatic rings. The highest BCUT2D eigenvalue weighted by Crippen LogP contribution is 2.35. The van der Waals surface area contributed by atoms with Gasteiger partial charge >= 0.3 is 32.6 Å². The first-order valence-electron chi connectivity index (χ1n) is 11.7. The van der Waals surface area contributed by atoms with Crippen LogP contribution in [0.5, 0.6) is 0 Å². The highest BCUT2D eigenvalue weighted by molar-refractivity contribution is 7.93. The first-order valence-corrected chi connectivity index (χ1v) is 13.2. The minimum Gasteiger partial charge on any atom is -0.481 e. The number of carboxylic acid groups (broad SMARTS) is 1. The van der Waals surface area contributed by atoms with E-state index < -0.39 is 86.6 Å². The molecule has 0 spiro atoms. The van der Waals surface area contributed by atoms with Gasteiger partial charge in [0.2, 0.25) is 5.91 Å². The van der Waals surface area contributed by atoms with Gasteiger partial charge in [0.05, 0.1) is 20.9 Å². The summed E-state index contributed by atoms with van der Waals surface area (Å²) in [6.07, 6.45) is -9.34. The van der Waals surface area contributed by atoms with Crippen LogP contribution in [0.4, 0.5) is 26.3 Å². The van der Waals surface area contributed by atoms with Gasteiger partial charge in [-0.25, -0.2) is 8.57 Å². The zero-order valence-electron chi connectivity index (χ0n) is 20.9. The number of rotatable bonds is 12. The molecule has 0 saturated heterocycles. The Morgan fingerprint density at radius 2 is 1.24 bits per heavy atom. The maximum atomic E-state index is 14.2. The molecule has 41 heavy (non-hydrogen) atoms. The fourth-order valence-electron chi connectivity index (χ4n) is 3.49. The van der Waals surface area contributed by atoms with Crippen molar-refractivity contribution in [3.05, 3.63) is 47.5 Å². The lowest BCUT2D eigenvalue weighted by Crippen LogP contribution is -2.33. The number of hydrogen-bond donors (Lipinski definition) is 6. The second kappa shape index (κ2) is 13.7. The molecule has 10 nitrogen and oxygen atoms in total. The number of alkyl halides is 6. The first kappa shape index (κ1) is 34.1. The molecule has 0 heterocycles. The van der Waals surface area contributed by atoms with Crippen molar-refractivity contribution in [2.24, 2.45) is 4.36 Å². The van der Waals surface area contributed by atoms with Crippen molar-refractivity contribution in [2.45, 2.75) is 47.8 Å². The normalized spacial score (nSPS) is 12.1. The minimum absolute atomic E-state index is 0.00395. The largest absolute Gasteiger partial charge is 0.488 e. The van der Waals surface area contributed by atoms with Crippen molar-refractivity contribution in [1.82, 2.24) is 5.32 Å². The lowest BCUT2D eigenvalue weighted by Gasteiger charge is -2.18. The van der Waals surface area contributed by atoms with Gasteiger partial charge in [0.15, 0.2) is 0 Å². The Labute approximate surface area is 230 Å². The summed E-state index contributed by atoms with van der Waals surface area (Å²) in [5, 5.41) is 49.0. The summed E-state index contributed by atoms with van der Waals surface area (Å²) < 4.78 is 99.4. The van der Waals surface area contributed by atoms with Crippen LogP contribution in [0, 0.1) is 0 Å². The van der Waals surface area contributed by atoms with E-state index in [1.54, 1.807) is 0 Å². The third-order valence-electron chi connectivity index (χ3n) is 5.53. The molecule has 0 aliphatic carbocycles. The summed E-state index contributed by atoms with van der Waals surface area (Å²) in [7, 11) is -9.67. The summed E-state index contributed by atoms with van der Waals surface area (Å²) in [5.74, 6) is -1.94. The smallest absolute Gasteiger partial charge is 0.481 e. The van der Waals surface area contributed by atoms with Crippen LogP contribution in [0.25, 0.3) is 0 Å². The third-order valence-corrected chi connectivity index (χ3v) is 7.77. The highest BCUT2D eigenvalue weighted by atomic mass is 32.2. The van der Waals surface area contributed by atoms with Gasteiger partial charge in [-0.2, -0.15) is 26.3 Å². The molecular formula is C22H24B2F6N2O8S. The molecule has 2 aromatic carbocycles. The fraction of sp³-hybridized carbons (Fsp3) is 0.364. The standard InChI is InChI=1S/C22H24B2F6N2O8S/c25-21(26,27)13-6-15(23(36)37)10-17(8-13)41(40,32-12-19(33)31-5-3-1-2-4-20(34)35)18-9-14(22(28,29)30)7-16(11-18)24(38)39/h6-11,36-39H,1-5,12H2,(H,31,33)(H,34,35). The van der Waals surface area contributed by atoms with Crippen molar-refractivity contribution >= 4 is 46.8 Å². The zero-order chi connectivity index (χ0) is 31.2. The second-order valence-electron chi connectivity index (χ2n) is 8.69. The number of unbranched alkanes of at least 4 members (excludes halogenated alkanes) is 2. The number of nitrogens with one attached hydrogen (secondary N) is 1. The van der Waals surface area contributed by atoms with Crippen molar-refractivity contribution in [2.75, 3.05) is 13.1 Å². The van der Waals surface area contributed by atoms with Crippen LogP contribution >= 0.6 is 0 Å². The Morgan fingerprint density at radius 3 is 1.63 bits per heavy atom. The molecular weight excluding hydrogens is 588 g/mol. The van der Waals surface area contributed by atoms with Gasteiger partial charge in [-0.15, -0.1) is 0 Å². The van der Waals surface area contributed by atoms with Crippen LogP contribution < -0.4 is 16.2 Å². The van der Waals surface area contributed by atoms with Crippen LogP contribution in [0.1, 0.15) is 36.8 Å². The number of amides is 1. The van der Waals surface area contributed by atoms with Crippen LogP contribution in [-0.2, 0) is 31.7 Å². The summed E-state index contributed by atoms with van der Waals surface area (Å²) in [6.45, 7) is -1.03. The Kier molecular flexibility index (Phi) is 11.4. The molecule has 0 radical (unpaired) electrons. The molecule has 0 saturated carbocycles. The van der Waals surface area contributed by atoms with E-state index in [9.17, 15) is 60.2 Å². The SMILES string of the molecule is O=C(O)CCCCCNC(=O)CN=S(=O)(c1cc(B(O)O)cc(C(F)(F)F)c1)c1cc(B(O)O)cc(C(F)(F)F)c1. The maximum Gasteiger partial charge on any atom is 0.488 e. The lowest BCUT2D eigenvalue weighted by atomic mass is 9.79. The molecule has 0 bridgehead atoms. The zero-order valence-corrected chi connectivity index (χ0v) is 21.8. The van der Waals surface area contributed by atoms with Crippen molar-refractivity contribution in [3.63, 3.8) is 0 Å². The molecule has 6 N–H and O–H groups in total. The number of hydrogen-bond acceptors (Lipinski definition) is 8. The summed E-state index contributed by atoms with van der Waals surface area (Å²) >= 11 is 0. The van der Waals surface area contributed by atoms with Gasteiger partial charge in [0.25, 0.3) is 0 Å². The molecule has 0 aromatic heterocycles. The van der Waals surface area contributed by atoms with E-state index >= 15 is 0 Å². The maximum absolute atomic E-state index is 14.2. The van der Waals surface area contributed by atoms with Crippen LogP contribution in [0.2, 0.25) is 0 Å². The molecule has 224 valence electrons. The van der Waals surface area contributed by atoms with Gasteiger partial charge < -0.3 is 30.5 Å². The first-order chi connectivity index (χ1) is 18.8. The molecule has 0 fully saturated rings. The summed E-state index contributed by atoms with van der Waals surface area (Å²) in [5.41, 5.74) is -4.78. The number of benzene rings is 2. The molecule has 1 amide bonds. The van der Waals surface area contributed by atoms with Crippen molar-refractivity contribution < 1.29 is 65.3 Å². The van der Waals surface area contributed by atoms with Crippen molar-refractivity contribution in [1.29, 1.82) is 0 Å². The van der Waals surface area contributed by atoms with Gasteiger partial charge in [0.1, 0.15) is 16.3 Å². The van der Waals surface area contributed by atoms with E-state index in [1.165, 1.54) is 0 Å². The number of halogens is 6. The van der Waals surface area contributed by atoms with Crippen LogP contribution in [0.15, 0.2) is 50.6 Å². The number of nitrogens with zero attached hydrogens (tertiary/aromatic N) is 1. The van der Waals surface area contributed by atoms with E-state index in [1.807, 2.05) is 0 Å². The minimum atomic E-state index is -5.14. The summed E-state index contributed by atoms with van der Waals surface area (Å²) in [4.78, 5) is 21.0. The number of carboxylic acids is 1. The van der Waals surface area contributed by atoms with E-state index in [0.29, 0.717) is 43.5 Å². The predicted octanol–water partition coefficient (Wildman–Crippen LogP) is 0.731. The molecule has 0 unspecified atom stereocenters. The van der Waals surface area contributed by atoms with Gasteiger partial charge in [-0.05, 0) is 48.0 Å². The Hall–Kier alpha value is -3.12. The highest BCUT2D eigenvalue weighted by Gasteiger charge is 2.36. The molecule has 0 atom stereocenters. The predicted molar refractivity (Wildman–Crippen MR) is 134 cm³/mol. The average molecular weight is 612 g/mol. The van der Waals surface area contributed by atoms with E-state index in [-0.39, 0.29) is 25.1 Å². The van der Waals surface area contributed by atoms with Crippen LogP contribution in [0.3, 0.4) is 0 Å². The van der Waals surface area contributed by atoms with E-state index in [4.69, 9.17) is 5.11 Å². The number of carbonyl (C=O) groups is 2. The lowest BCUT2D eigenvalue weighted by molar-refractivity contribution is -0.138. The topological polar surface area (TPSA) is 177 Å². The summed E-state index contributed by atoms with van der Waals surface area (Å²) in [6, 6.07) is 2.32. The van der Waals surface area contributed by atoms with E-state index in [0.717, 1.165) is 0 Å². The van der Waals surface area contributed by atoms with Crippen molar-refractivity contribution in [3.8, 4) is 0 Å². The molecule has 19 heteroatoms. The van der Waals surface area contributed by atoms with E-state index in [2.05, 4.69) is 9.68 Å². The van der Waals surface area contributed by atoms with Gasteiger partial charge in [-0.1, -0.05) is 18.6 Å². The number of carbonyl (C=O) groups excluding carboxylic acids is 1. The molecule has 2 rings (SSSR count). The average Bonchev–Trinajstić information content (AvgIpc) is 2.87.